The maximum Gasteiger partial charge on any atom is 0.391 e. The Bertz CT molecular complexity index is 524. The topological polar surface area (TPSA) is 47.3 Å². The summed E-state index contributed by atoms with van der Waals surface area (Å²) in [5, 5.41) is 9.19. The quantitative estimate of drug-likeness (QED) is 0.919. The molecule has 1 N–H and O–H groups in total. The average Bonchev–Trinajstić information content (AvgIpc) is 2.89. The third-order valence-electron chi connectivity index (χ3n) is 2.55. The largest absolute Gasteiger partial charge is 0.491 e. The Kier molecular flexibility index (Phi) is 4.29. The summed E-state index contributed by atoms with van der Waals surface area (Å²) in [5.41, 5.74) is 0.852. The van der Waals surface area contributed by atoms with E-state index in [1.807, 2.05) is 0 Å². The molecule has 0 aliphatic rings. The Morgan fingerprint density at radius 3 is 2.50 bits per heavy atom. The molecule has 7 heteroatoms. The normalized spacial score (nSPS) is 13.2. The maximum atomic E-state index is 12.0. The van der Waals surface area contributed by atoms with E-state index in [0.717, 1.165) is 5.69 Å². The molecule has 2 aromatic rings. The fraction of sp³-hybridized carbons (Fsp3) is 0.308. The highest BCUT2D eigenvalue weighted by atomic mass is 19.4. The molecular weight excluding hydrogens is 273 g/mol. The highest BCUT2D eigenvalue weighted by Crippen LogP contribution is 2.22. The predicted molar refractivity (Wildman–Crippen MR) is 65.7 cm³/mol. The minimum atomic E-state index is -4.39. The fourth-order valence-electron chi connectivity index (χ4n) is 1.64. The molecule has 1 heterocycles. The molecule has 2 rings (SSSR count). The van der Waals surface area contributed by atoms with Gasteiger partial charge in [0.15, 0.2) is 0 Å². The molecule has 1 aromatic carbocycles. The number of hydrogen-bond donors (Lipinski definition) is 1. The molecule has 20 heavy (non-hydrogen) atoms. The number of aliphatic hydroxyl groups is 1. The number of alkyl halides is 3. The summed E-state index contributed by atoms with van der Waals surface area (Å²) >= 11 is 0. The Hall–Kier alpha value is -2.02. The first-order valence-electron chi connectivity index (χ1n) is 5.90. The van der Waals surface area contributed by atoms with Gasteiger partial charge in [0.1, 0.15) is 12.4 Å². The van der Waals surface area contributed by atoms with Crippen molar-refractivity contribution in [3.05, 3.63) is 43.0 Å². The summed E-state index contributed by atoms with van der Waals surface area (Å²) in [6.07, 6.45) is -2.21. The van der Waals surface area contributed by atoms with E-state index in [-0.39, 0.29) is 0 Å². The molecule has 0 unspecified atom stereocenters. The second kappa shape index (κ2) is 5.96. The number of benzene rings is 1. The molecule has 0 fully saturated rings. The number of aliphatic hydroxyl groups excluding tert-OH is 1. The van der Waals surface area contributed by atoms with Gasteiger partial charge in [0, 0.05) is 18.1 Å². The van der Waals surface area contributed by atoms with Gasteiger partial charge in [-0.1, -0.05) is 0 Å². The Labute approximate surface area is 113 Å². The number of rotatable bonds is 5. The highest BCUT2D eigenvalue weighted by Gasteiger charge is 2.31. The van der Waals surface area contributed by atoms with Crippen LogP contribution < -0.4 is 4.74 Å². The third-order valence-corrected chi connectivity index (χ3v) is 2.55. The van der Waals surface area contributed by atoms with Gasteiger partial charge >= 0.3 is 6.18 Å². The van der Waals surface area contributed by atoms with Crippen LogP contribution in [0.25, 0.3) is 5.69 Å². The Morgan fingerprint density at radius 2 is 1.95 bits per heavy atom. The van der Waals surface area contributed by atoms with E-state index < -0.39 is 25.3 Å². The first-order valence-corrected chi connectivity index (χ1v) is 5.90. The van der Waals surface area contributed by atoms with Gasteiger partial charge in [-0.25, -0.2) is 4.98 Å². The van der Waals surface area contributed by atoms with E-state index in [1.54, 1.807) is 47.6 Å². The molecule has 0 bridgehead atoms. The van der Waals surface area contributed by atoms with Crippen molar-refractivity contribution in [1.29, 1.82) is 0 Å². The Balaban J connectivity index is 1.88. The van der Waals surface area contributed by atoms with E-state index in [1.165, 1.54) is 0 Å². The van der Waals surface area contributed by atoms with E-state index in [9.17, 15) is 18.3 Å². The third kappa shape index (κ3) is 4.27. The summed E-state index contributed by atoms with van der Waals surface area (Å²) in [6.45, 7) is -0.399. The molecule has 1 atom stereocenters. The van der Waals surface area contributed by atoms with Crippen molar-refractivity contribution in [2.45, 2.75) is 18.7 Å². The monoisotopic (exact) mass is 286 g/mol. The van der Waals surface area contributed by atoms with Crippen molar-refractivity contribution in [3.63, 3.8) is 0 Å². The molecule has 0 saturated carbocycles. The number of hydrogen-bond acceptors (Lipinski definition) is 3. The van der Waals surface area contributed by atoms with Crippen molar-refractivity contribution in [2.75, 3.05) is 6.61 Å². The van der Waals surface area contributed by atoms with Crippen LogP contribution in [0.2, 0.25) is 0 Å². The molecule has 0 amide bonds. The summed E-state index contributed by atoms with van der Waals surface area (Å²) < 4.78 is 42.9. The zero-order valence-electron chi connectivity index (χ0n) is 10.4. The fourth-order valence-corrected chi connectivity index (χ4v) is 1.64. The molecular formula is C13H13F3N2O2. The first-order chi connectivity index (χ1) is 9.44. The van der Waals surface area contributed by atoms with Crippen LogP contribution in [0, 0.1) is 0 Å². The van der Waals surface area contributed by atoms with Crippen LogP contribution in [-0.4, -0.2) is 33.5 Å². The minimum Gasteiger partial charge on any atom is -0.491 e. The second-order valence-electron chi connectivity index (χ2n) is 4.25. The lowest BCUT2D eigenvalue weighted by atomic mass is 10.2. The molecule has 0 aliphatic carbocycles. The molecule has 4 nitrogen and oxygen atoms in total. The van der Waals surface area contributed by atoms with Crippen LogP contribution >= 0.6 is 0 Å². The average molecular weight is 286 g/mol. The molecule has 0 aliphatic heterocycles. The molecule has 0 saturated heterocycles. The number of nitrogens with zero attached hydrogens (tertiary/aromatic N) is 2. The summed E-state index contributed by atoms with van der Waals surface area (Å²) in [7, 11) is 0. The van der Waals surface area contributed by atoms with Gasteiger partial charge < -0.3 is 14.4 Å². The van der Waals surface area contributed by atoms with E-state index in [0.29, 0.717) is 5.75 Å². The molecule has 1 aromatic heterocycles. The number of aromatic nitrogens is 2. The standard InChI is InChI=1S/C13H13F3N2O2/c14-13(15,16)7-11(19)8-20-12-3-1-10(2-4-12)18-6-5-17-9-18/h1-6,9,11,19H,7-8H2/t11-/m0/s1. The zero-order chi connectivity index (χ0) is 14.6. The number of imidazole rings is 1. The SMILES string of the molecule is O[C@H](COc1ccc(-n2ccnc2)cc1)CC(F)(F)F. The van der Waals surface area contributed by atoms with Crippen molar-refractivity contribution in [3.8, 4) is 11.4 Å². The van der Waals surface area contributed by atoms with E-state index >= 15 is 0 Å². The van der Waals surface area contributed by atoms with Gasteiger partial charge in [-0.2, -0.15) is 13.2 Å². The van der Waals surface area contributed by atoms with Crippen LogP contribution in [0.15, 0.2) is 43.0 Å². The van der Waals surface area contributed by atoms with Crippen molar-refractivity contribution in [1.82, 2.24) is 9.55 Å². The molecule has 0 radical (unpaired) electrons. The maximum absolute atomic E-state index is 12.0. The van der Waals surface area contributed by atoms with Gasteiger partial charge in [-0.05, 0) is 24.3 Å². The number of ether oxygens (including phenoxy) is 1. The van der Waals surface area contributed by atoms with Crippen molar-refractivity contribution in [2.24, 2.45) is 0 Å². The van der Waals surface area contributed by atoms with E-state index in [2.05, 4.69) is 4.98 Å². The van der Waals surface area contributed by atoms with Crippen LogP contribution in [0.5, 0.6) is 5.75 Å². The lowest BCUT2D eigenvalue weighted by molar-refractivity contribution is -0.156. The minimum absolute atomic E-state index is 0.398. The van der Waals surface area contributed by atoms with Crippen LogP contribution in [-0.2, 0) is 0 Å². The van der Waals surface area contributed by atoms with Gasteiger partial charge in [-0.3, -0.25) is 0 Å². The lowest BCUT2D eigenvalue weighted by Crippen LogP contribution is -2.25. The Morgan fingerprint density at radius 1 is 1.25 bits per heavy atom. The van der Waals surface area contributed by atoms with Crippen LogP contribution in [0.1, 0.15) is 6.42 Å². The predicted octanol–water partition coefficient (Wildman–Crippen LogP) is 2.56. The van der Waals surface area contributed by atoms with Crippen LogP contribution in [0.3, 0.4) is 0 Å². The van der Waals surface area contributed by atoms with Gasteiger partial charge in [0.05, 0.1) is 18.9 Å². The number of halogens is 3. The van der Waals surface area contributed by atoms with Gasteiger partial charge in [0.2, 0.25) is 0 Å². The van der Waals surface area contributed by atoms with Gasteiger partial charge in [-0.15, -0.1) is 0 Å². The molecule has 0 spiro atoms. The second-order valence-corrected chi connectivity index (χ2v) is 4.25. The molecule has 108 valence electrons. The summed E-state index contributed by atoms with van der Waals surface area (Å²) in [6, 6.07) is 6.73. The smallest absolute Gasteiger partial charge is 0.391 e. The van der Waals surface area contributed by atoms with Crippen LogP contribution in [0.4, 0.5) is 13.2 Å². The van der Waals surface area contributed by atoms with E-state index in [4.69, 9.17) is 4.74 Å². The van der Waals surface area contributed by atoms with Crippen molar-refractivity contribution < 1.29 is 23.0 Å². The van der Waals surface area contributed by atoms with Gasteiger partial charge in [0.25, 0.3) is 0 Å². The summed E-state index contributed by atoms with van der Waals surface area (Å²) in [4.78, 5) is 3.91. The lowest BCUT2D eigenvalue weighted by Gasteiger charge is -2.14. The summed E-state index contributed by atoms with van der Waals surface area (Å²) in [5.74, 6) is 0.398. The van der Waals surface area contributed by atoms with Crippen molar-refractivity contribution >= 4 is 0 Å². The highest BCUT2D eigenvalue weighted by molar-refractivity contribution is 5.37. The first kappa shape index (κ1) is 14.4. The zero-order valence-corrected chi connectivity index (χ0v) is 10.4.